The van der Waals surface area contributed by atoms with Gasteiger partial charge in [0.05, 0.1) is 85.9 Å². The molecule has 0 aliphatic rings. The second-order valence-corrected chi connectivity index (χ2v) is 43.5. The van der Waals surface area contributed by atoms with Gasteiger partial charge in [-0.3, -0.25) is 23.0 Å². The second kappa shape index (κ2) is 53.0. The third-order valence-corrected chi connectivity index (χ3v) is 27.1. The lowest BCUT2D eigenvalue weighted by atomic mass is 10.2. The number of carbonyl (C=O) groups is 1. The molecule has 13 rings (SSSR count). The zero-order valence-corrected chi connectivity index (χ0v) is 84.3. The smallest absolute Gasteiger partial charge is 0.437 e. The number of ether oxygens (including phenoxy) is 8. The largest absolute Gasteiger partial charge is 0.497 e. The number of methoxy groups -OCH3 is 4. The number of ketones is 1. The van der Waals surface area contributed by atoms with E-state index in [4.69, 9.17) is 56.1 Å². The number of Topliss-reactive ketones (excluding diaryl/α,β-unsaturated/α-hetero) is 1. The Morgan fingerprint density at radius 3 is 0.567 bits per heavy atom. The highest BCUT2D eigenvalue weighted by Crippen LogP contribution is 2.48. The molecule has 13 aromatic carbocycles. The van der Waals surface area contributed by atoms with Gasteiger partial charge in [-0.1, -0.05) is 114 Å². The van der Waals surface area contributed by atoms with Crippen LogP contribution in [0.5, 0.6) is 69.0 Å². The third kappa shape index (κ3) is 39.9. The summed E-state index contributed by atoms with van der Waals surface area (Å²) in [6.07, 6.45) is 2.76. The van der Waals surface area contributed by atoms with Crippen molar-refractivity contribution in [3.8, 4) is 69.0 Å². The number of halogens is 6. The van der Waals surface area contributed by atoms with E-state index in [1.54, 1.807) is 327 Å². The van der Waals surface area contributed by atoms with Crippen LogP contribution >= 0.6 is 0 Å². The summed E-state index contributed by atoms with van der Waals surface area (Å²) >= 11 is 0. The number of aryl methyl sites for hydroxylation is 4. The third-order valence-electron chi connectivity index (χ3n) is 18.2. The number of carbonyl (C=O) groups excluding carboxylic acids is 1. The van der Waals surface area contributed by atoms with Crippen molar-refractivity contribution in [1.29, 1.82) is 0 Å². The Kier molecular flexibility index (Phi) is 44.5. The first-order valence-electron chi connectivity index (χ1n) is 41.0. The molecular formula is C98H102F6O29S8. The van der Waals surface area contributed by atoms with E-state index in [-0.39, 0.29) is 50.7 Å². The molecule has 0 bridgehead atoms. The molecule has 0 amide bonds. The van der Waals surface area contributed by atoms with Gasteiger partial charge in [0.2, 0.25) is 39.3 Å². The van der Waals surface area contributed by atoms with Gasteiger partial charge in [0.15, 0.2) is 5.78 Å². The van der Waals surface area contributed by atoms with Crippen LogP contribution in [0.25, 0.3) is 0 Å². The summed E-state index contributed by atoms with van der Waals surface area (Å²) in [6, 6.07) is 90.7. The first-order valence-corrected chi connectivity index (χ1v) is 53.7. The van der Waals surface area contributed by atoms with Gasteiger partial charge in [-0.25, -0.2) is 33.7 Å². The van der Waals surface area contributed by atoms with Crippen LogP contribution in [0.2, 0.25) is 0 Å². The summed E-state index contributed by atoms with van der Waals surface area (Å²) in [6.45, 7) is 10.5. The molecule has 0 saturated carbocycles. The van der Waals surface area contributed by atoms with Crippen LogP contribution in [-0.2, 0) is 79.8 Å². The van der Waals surface area contributed by atoms with E-state index in [0.717, 1.165) is 57.2 Å². The van der Waals surface area contributed by atoms with Gasteiger partial charge in [-0.2, -0.15) is 60.0 Å². The summed E-state index contributed by atoms with van der Waals surface area (Å²) < 4.78 is 324. The van der Waals surface area contributed by atoms with Crippen LogP contribution < -0.4 is 37.9 Å². The number of alkyl halides is 6. The second-order valence-electron chi connectivity index (χ2n) is 29.7. The molecule has 0 unspecified atom stereocenters. The molecule has 0 radical (unpaired) electrons. The molecule has 43 heteroatoms. The average molecular weight is 2110 g/mol. The van der Waals surface area contributed by atoms with Gasteiger partial charge in [0.25, 0.3) is 30.4 Å². The molecule has 758 valence electrons. The average Bonchev–Trinajstić information content (AvgIpc) is 0.747. The van der Waals surface area contributed by atoms with Gasteiger partial charge in [0, 0.05) is 12.5 Å². The fraction of sp³-hybridized carbons (Fsp3) is 0.194. The van der Waals surface area contributed by atoms with Gasteiger partial charge in [0.1, 0.15) is 69.0 Å². The van der Waals surface area contributed by atoms with E-state index in [0.29, 0.717) is 64.9 Å². The maximum absolute atomic E-state index is 12.6. The summed E-state index contributed by atoms with van der Waals surface area (Å²) in [4.78, 5) is 12.7. The summed E-state index contributed by atoms with van der Waals surface area (Å²) in [5.41, 5.74) is 4.84. The number of hydrogen-bond acceptors (Lipinski definition) is 25. The van der Waals surface area contributed by atoms with Crippen LogP contribution in [-0.4, -0.2) is 155 Å². The molecule has 0 aliphatic carbocycles. The fourth-order valence-corrected chi connectivity index (χ4v) is 16.9. The maximum Gasteiger partial charge on any atom is 0.437 e. The molecule has 0 spiro atoms. The number of hydrogen-bond donors (Lipinski definition) is 4. The lowest BCUT2D eigenvalue weighted by Gasteiger charge is -2.28. The minimum absolute atomic E-state index is 0.108. The van der Waals surface area contributed by atoms with Crippen molar-refractivity contribution in [2.45, 2.75) is 118 Å². The minimum Gasteiger partial charge on any atom is -0.497 e. The zero-order chi connectivity index (χ0) is 106. The first kappa shape index (κ1) is 118. The Balaban J connectivity index is 0.000000293. The van der Waals surface area contributed by atoms with Crippen LogP contribution in [0.15, 0.2) is 361 Å². The fourth-order valence-electron chi connectivity index (χ4n) is 10.7. The predicted molar refractivity (Wildman–Crippen MR) is 519 cm³/mol. The number of sulfone groups is 4. The summed E-state index contributed by atoms with van der Waals surface area (Å²) in [5.74, 6) is -3.64. The highest BCUT2D eigenvalue weighted by atomic mass is 32.2. The highest BCUT2D eigenvalue weighted by molar-refractivity contribution is 7.92. The number of rotatable bonds is 27. The van der Waals surface area contributed by atoms with Crippen molar-refractivity contribution in [3.05, 3.63) is 349 Å². The molecule has 141 heavy (non-hydrogen) atoms. The van der Waals surface area contributed by atoms with E-state index < -0.39 is 104 Å². The molecule has 4 N–H and O–H groups in total. The van der Waals surface area contributed by atoms with Crippen LogP contribution in [0.4, 0.5) is 26.3 Å². The SMILES string of the molecule is CC(=O)c1ccccc1.CC(F)(F)C(F)(F)C(F)(F)S(=O)(=O)O.CCCCS(=O)(=O)O.COc1ccc(Oc2ccc(S(=O)(=O)c3ccc(C)cc3)cc2)cc1.COc1ccc(Oc2ccc(S(=O)(=O)c3ccc(C)cc3)cc2)cc1.COc1ccc(Oc2ccc(S(=O)(=O)c3ccc(C)cc3)cc2)cc1.COc1ccc(Oc2ccc(S(=O)(=O)c3ccc(C)cc3)cc2)cc1.CS(=O)(=O)O.CS(=O)(=O)O. The van der Waals surface area contributed by atoms with E-state index in [1.807, 2.05) is 65.0 Å². The van der Waals surface area contributed by atoms with Crippen molar-refractivity contribution in [1.82, 2.24) is 0 Å². The van der Waals surface area contributed by atoms with Gasteiger partial charge < -0.3 is 37.9 Å². The molecule has 0 aliphatic heterocycles. The summed E-state index contributed by atoms with van der Waals surface area (Å²) in [5, 5.41) is -6.24. The number of unbranched alkanes of at least 4 members (excludes halogenated alkanes) is 1. The van der Waals surface area contributed by atoms with Crippen molar-refractivity contribution >= 4 is 85.6 Å². The maximum atomic E-state index is 12.6. The first-order chi connectivity index (χ1) is 65.6. The molecule has 0 atom stereocenters. The Labute approximate surface area is 817 Å². The van der Waals surface area contributed by atoms with Crippen molar-refractivity contribution in [2.24, 2.45) is 0 Å². The van der Waals surface area contributed by atoms with Gasteiger partial charge in [-0.15, -0.1) is 0 Å². The monoisotopic (exact) mass is 2110 g/mol. The lowest BCUT2D eigenvalue weighted by molar-refractivity contribution is -0.273. The summed E-state index contributed by atoms with van der Waals surface area (Å²) in [7, 11) is -25.3. The van der Waals surface area contributed by atoms with Gasteiger partial charge in [-0.05, 0) is 284 Å². The molecule has 0 saturated heterocycles. The number of benzene rings is 13. The predicted octanol–water partition coefficient (Wildman–Crippen LogP) is 21.8. The van der Waals surface area contributed by atoms with E-state index in [1.165, 1.54) is 0 Å². The topological polar surface area (TPSA) is 445 Å². The van der Waals surface area contributed by atoms with E-state index in [9.17, 15) is 98.5 Å². The van der Waals surface area contributed by atoms with E-state index in [2.05, 4.69) is 0 Å². The quantitative estimate of drug-likeness (QED) is 0.0211. The Hall–Kier alpha value is -13.1. The van der Waals surface area contributed by atoms with Crippen molar-refractivity contribution < 1.29 is 155 Å². The Bertz CT molecular complexity index is 6440. The zero-order valence-electron chi connectivity index (χ0n) is 77.7. The molecular weight excluding hydrogens is 2010 g/mol. The minimum atomic E-state index is -6.61. The van der Waals surface area contributed by atoms with Crippen molar-refractivity contribution in [2.75, 3.05) is 46.7 Å². The van der Waals surface area contributed by atoms with E-state index >= 15 is 0 Å². The lowest BCUT2D eigenvalue weighted by Crippen LogP contribution is -2.56. The Morgan fingerprint density at radius 2 is 0.447 bits per heavy atom. The van der Waals surface area contributed by atoms with Crippen LogP contribution in [0.1, 0.15) is 66.2 Å². The van der Waals surface area contributed by atoms with Crippen LogP contribution in [0, 0.1) is 27.7 Å². The molecule has 29 nitrogen and oxygen atoms in total. The molecule has 0 fully saturated rings. The van der Waals surface area contributed by atoms with Crippen molar-refractivity contribution in [3.63, 3.8) is 0 Å². The molecule has 0 aromatic heterocycles. The molecule has 0 heterocycles. The molecule has 13 aromatic rings. The van der Waals surface area contributed by atoms with Crippen LogP contribution in [0.3, 0.4) is 0 Å². The highest BCUT2D eigenvalue weighted by Gasteiger charge is 2.75. The standard InChI is InChI=1S/4C20H18O4S.C8H8O.C4H4F6O3S.C4H10O3S.2CH4O3S/c4*1-15-3-11-19(12-4-15)25(21,22)20-13-9-18(10-14-20)24-17-7-5-16(23-2)6-8-17;1-7(9)8-5-3-2-4-6-8;1-2(5,6)3(7,8)4(9,10)14(11,12)13;1-2-3-4-8(5,6)7;2*1-5(2,3)4/h4*3-14H,1-2H3;2-6H,1H3;1H3,(H,11,12,13);2-4H2,1H3,(H,5,6,7);2*1H3,(H,2,3,4). The van der Waals surface area contributed by atoms with Gasteiger partial charge >= 0.3 is 27.2 Å². The normalized spacial score (nSPS) is 11.5. The Morgan fingerprint density at radius 1 is 0.284 bits per heavy atom.